The summed E-state index contributed by atoms with van der Waals surface area (Å²) in [5.41, 5.74) is 7.22. The fraction of sp³-hybridized carbons (Fsp3) is 0.500. The van der Waals surface area contributed by atoms with E-state index in [1.54, 1.807) is 0 Å². The Hall–Kier alpha value is -1.06. The van der Waals surface area contributed by atoms with Gasteiger partial charge in [0.15, 0.2) is 0 Å². The van der Waals surface area contributed by atoms with Crippen molar-refractivity contribution in [3.8, 4) is 5.75 Å². The van der Waals surface area contributed by atoms with Gasteiger partial charge in [0.25, 0.3) is 0 Å². The summed E-state index contributed by atoms with van der Waals surface area (Å²) in [5, 5.41) is 3.06. The fourth-order valence-electron chi connectivity index (χ4n) is 1.67. The first-order chi connectivity index (χ1) is 7.26. The summed E-state index contributed by atoms with van der Waals surface area (Å²) in [5.74, 6) is 0.938. The Labute approximate surface area is 90.6 Å². The molecular formula is C12H18N2O. The average molecular weight is 206 g/mol. The molecule has 0 unspecified atom stereocenters. The van der Waals surface area contributed by atoms with Crippen molar-refractivity contribution in [1.29, 1.82) is 0 Å². The summed E-state index contributed by atoms with van der Waals surface area (Å²) in [6, 6.07) is 8.08. The van der Waals surface area contributed by atoms with Crippen LogP contribution in [0.4, 0.5) is 0 Å². The second-order valence-corrected chi connectivity index (χ2v) is 4.10. The molecule has 0 spiro atoms. The Morgan fingerprint density at radius 2 is 2.13 bits per heavy atom. The molecule has 82 valence electrons. The van der Waals surface area contributed by atoms with Gasteiger partial charge in [-0.25, -0.2) is 0 Å². The van der Waals surface area contributed by atoms with E-state index in [4.69, 9.17) is 10.5 Å². The van der Waals surface area contributed by atoms with E-state index in [0.717, 1.165) is 30.7 Å². The monoisotopic (exact) mass is 206 g/mol. The average Bonchev–Trinajstić information content (AvgIpc) is 2.99. The quantitative estimate of drug-likeness (QED) is 0.712. The second-order valence-electron chi connectivity index (χ2n) is 4.10. The number of benzene rings is 1. The normalized spacial score (nSPS) is 17.5. The zero-order chi connectivity index (χ0) is 10.7. The molecule has 0 aromatic heterocycles. The highest BCUT2D eigenvalue weighted by Gasteiger charge is 2.41. The molecule has 3 N–H and O–H groups in total. The van der Waals surface area contributed by atoms with Gasteiger partial charge < -0.3 is 15.8 Å². The molecule has 1 aliphatic rings. The van der Waals surface area contributed by atoms with Crippen molar-refractivity contribution in [3.05, 3.63) is 29.8 Å². The van der Waals surface area contributed by atoms with Crippen molar-refractivity contribution in [1.82, 2.24) is 5.32 Å². The highest BCUT2D eigenvalue weighted by atomic mass is 16.5. The van der Waals surface area contributed by atoms with Crippen LogP contribution in [0, 0.1) is 0 Å². The molecule has 0 radical (unpaired) electrons. The third-order valence-electron chi connectivity index (χ3n) is 2.82. The van der Waals surface area contributed by atoms with Crippen LogP contribution in [-0.2, 0) is 5.54 Å². The minimum atomic E-state index is -0.115. The third kappa shape index (κ3) is 2.30. The van der Waals surface area contributed by atoms with Gasteiger partial charge in [0.2, 0.25) is 0 Å². The molecular weight excluding hydrogens is 188 g/mol. The minimum absolute atomic E-state index is 0.115. The van der Waals surface area contributed by atoms with Crippen LogP contribution in [-0.4, -0.2) is 20.2 Å². The predicted molar refractivity (Wildman–Crippen MR) is 61.0 cm³/mol. The van der Waals surface area contributed by atoms with Crippen LogP contribution in [0.5, 0.6) is 5.75 Å². The van der Waals surface area contributed by atoms with Crippen LogP contribution in [0.1, 0.15) is 18.4 Å². The molecule has 0 amide bonds. The Bertz CT molecular complexity index is 334. The molecule has 0 bridgehead atoms. The highest BCUT2D eigenvalue weighted by Crippen LogP contribution is 2.46. The number of nitrogens with two attached hydrogens (primary N) is 1. The van der Waals surface area contributed by atoms with E-state index in [9.17, 15) is 0 Å². The lowest BCUT2D eigenvalue weighted by Crippen LogP contribution is -2.21. The molecule has 0 atom stereocenters. The minimum Gasteiger partial charge on any atom is -0.492 e. The summed E-state index contributed by atoms with van der Waals surface area (Å²) in [6.45, 7) is 1.54. The molecule has 2 rings (SSSR count). The van der Waals surface area contributed by atoms with E-state index in [-0.39, 0.29) is 5.54 Å². The van der Waals surface area contributed by atoms with E-state index in [0.29, 0.717) is 6.61 Å². The molecule has 15 heavy (non-hydrogen) atoms. The molecule has 0 saturated heterocycles. The molecule has 1 saturated carbocycles. The van der Waals surface area contributed by atoms with Crippen LogP contribution in [0.3, 0.4) is 0 Å². The van der Waals surface area contributed by atoms with Crippen molar-refractivity contribution >= 4 is 0 Å². The zero-order valence-electron chi connectivity index (χ0n) is 9.12. The highest BCUT2D eigenvalue weighted by molar-refractivity contribution is 5.42. The van der Waals surface area contributed by atoms with Crippen LogP contribution in [0.2, 0.25) is 0 Å². The van der Waals surface area contributed by atoms with Gasteiger partial charge >= 0.3 is 0 Å². The van der Waals surface area contributed by atoms with E-state index >= 15 is 0 Å². The van der Waals surface area contributed by atoms with Gasteiger partial charge in [-0.2, -0.15) is 0 Å². The number of rotatable bonds is 5. The van der Waals surface area contributed by atoms with Gasteiger partial charge in [0.1, 0.15) is 12.4 Å². The van der Waals surface area contributed by atoms with E-state index in [2.05, 4.69) is 11.4 Å². The Kier molecular flexibility index (Phi) is 2.93. The number of hydrogen-bond donors (Lipinski definition) is 2. The van der Waals surface area contributed by atoms with Gasteiger partial charge in [-0.05, 0) is 26.0 Å². The zero-order valence-corrected chi connectivity index (χ0v) is 9.12. The van der Waals surface area contributed by atoms with Gasteiger partial charge in [-0.3, -0.25) is 0 Å². The van der Waals surface area contributed by atoms with E-state index in [1.807, 2.05) is 25.2 Å². The second kappa shape index (κ2) is 4.21. The number of likely N-dealkylation sites (N-methyl/N-ethyl adjacent to an activating group) is 1. The molecule has 1 aromatic rings. The summed E-state index contributed by atoms with van der Waals surface area (Å²) in [4.78, 5) is 0. The van der Waals surface area contributed by atoms with Crippen molar-refractivity contribution in [2.24, 2.45) is 5.73 Å². The summed E-state index contributed by atoms with van der Waals surface area (Å²) < 4.78 is 5.70. The SMILES string of the molecule is CNCCOc1ccccc1C1(N)CC1. The van der Waals surface area contributed by atoms with Crippen molar-refractivity contribution in [2.45, 2.75) is 18.4 Å². The van der Waals surface area contributed by atoms with Gasteiger partial charge in [0.05, 0.1) is 0 Å². The van der Waals surface area contributed by atoms with E-state index in [1.165, 1.54) is 0 Å². The van der Waals surface area contributed by atoms with Crippen molar-refractivity contribution < 1.29 is 4.74 Å². The van der Waals surface area contributed by atoms with Gasteiger partial charge in [-0.15, -0.1) is 0 Å². The first kappa shape index (κ1) is 10.5. The van der Waals surface area contributed by atoms with Crippen LogP contribution >= 0.6 is 0 Å². The smallest absolute Gasteiger partial charge is 0.124 e. The lowest BCUT2D eigenvalue weighted by Gasteiger charge is -2.15. The molecule has 1 aromatic carbocycles. The standard InChI is InChI=1S/C12H18N2O/c1-14-8-9-15-11-5-3-2-4-10(11)12(13)6-7-12/h2-5,14H,6-9,13H2,1H3. The summed E-state index contributed by atoms with van der Waals surface area (Å²) >= 11 is 0. The van der Waals surface area contributed by atoms with Crippen LogP contribution in [0.15, 0.2) is 24.3 Å². The van der Waals surface area contributed by atoms with Crippen LogP contribution < -0.4 is 15.8 Å². The predicted octanol–water partition coefficient (Wildman–Crippen LogP) is 1.23. The first-order valence-electron chi connectivity index (χ1n) is 5.42. The maximum absolute atomic E-state index is 6.18. The molecule has 1 fully saturated rings. The number of hydrogen-bond acceptors (Lipinski definition) is 3. The molecule has 3 nitrogen and oxygen atoms in total. The Balaban J connectivity index is 2.08. The maximum Gasteiger partial charge on any atom is 0.124 e. The van der Waals surface area contributed by atoms with Crippen molar-refractivity contribution in [2.75, 3.05) is 20.2 Å². The number of ether oxygens (including phenoxy) is 1. The maximum atomic E-state index is 6.18. The van der Waals surface area contributed by atoms with E-state index < -0.39 is 0 Å². The molecule has 1 aliphatic carbocycles. The third-order valence-corrected chi connectivity index (χ3v) is 2.82. The lowest BCUT2D eigenvalue weighted by atomic mass is 10.1. The molecule has 3 heteroatoms. The summed E-state index contributed by atoms with van der Waals surface area (Å²) in [6.07, 6.45) is 2.14. The number of para-hydroxylation sites is 1. The first-order valence-corrected chi connectivity index (χ1v) is 5.42. The van der Waals surface area contributed by atoms with Gasteiger partial charge in [-0.1, -0.05) is 18.2 Å². The largest absolute Gasteiger partial charge is 0.492 e. The Morgan fingerprint density at radius 1 is 1.40 bits per heavy atom. The lowest BCUT2D eigenvalue weighted by molar-refractivity contribution is 0.312. The Morgan fingerprint density at radius 3 is 2.80 bits per heavy atom. The molecule has 0 aliphatic heterocycles. The topological polar surface area (TPSA) is 47.3 Å². The summed E-state index contributed by atoms with van der Waals surface area (Å²) in [7, 11) is 1.92. The van der Waals surface area contributed by atoms with Gasteiger partial charge in [0, 0.05) is 17.6 Å². The fourth-order valence-corrected chi connectivity index (χ4v) is 1.67. The number of nitrogens with one attached hydrogen (secondary N) is 1. The van der Waals surface area contributed by atoms with Crippen molar-refractivity contribution in [3.63, 3.8) is 0 Å². The molecule has 0 heterocycles. The van der Waals surface area contributed by atoms with Crippen LogP contribution in [0.25, 0.3) is 0 Å².